The van der Waals surface area contributed by atoms with Crippen LogP contribution in [0, 0.1) is 0 Å². The van der Waals surface area contributed by atoms with Crippen molar-refractivity contribution in [1.82, 2.24) is 14.7 Å². The maximum atomic E-state index is 5.34. The van der Waals surface area contributed by atoms with E-state index in [9.17, 15) is 0 Å². The van der Waals surface area contributed by atoms with Gasteiger partial charge in [-0.2, -0.15) is 4.98 Å². The Morgan fingerprint density at radius 1 is 0.727 bits per heavy atom. The van der Waals surface area contributed by atoms with E-state index in [2.05, 4.69) is 14.7 Å². The monoisotopic (exact) mass is 287 g/mol. The van der Waals surface area contributed by atoms with Crippen molar-refractivity contribution < 1.29 is 4.52 Å². The number of benzene rings is 2. The van der Waals surface area contributed by atoms with Gasteiger partial charge in [-0.05, 0) is 48.5 Å². The first-order valence-corrected chi connectivity index (χ1v) is 7.03. The van der Waals surface area contributed by atoms with Crippen LogP contribution >= 0.6 is 0 Å². The molecule has 0 fully saturated rings. The van der Waals surface area contributed by atoms with Gasteiger partial charge in [0.15, 0.2) is 0 Å². The quantitative estimate of drug-likeness (QED) is 0.567. The molecule has 4 heteroatoms. The summed E-state index contributed by atoms with van der Waals surface area (Å²) in [6.45, 7) is 0. The maximum absolute atomic E-state index is 5.34. The number of hydrogen-bond donors (Lipinski definition) is 0. The molecule has 0 N–H and O–H groups in total. The molecule has 106 valence electrons. The standard InChI is InChI=1S/C18H13N3O/c1-2-6-15(7-3-1)18-19-17(20-22-18)14-8-10-16(11-9-14)21-12-4-5-13-21/h1-13H. The van der Waals surface area contributed by atoms with E-state index >= 15 is 0 Å². The molecule has 4 nitrogen and oxygen atoms in total. The SMILES string of the molecule is c1ccc(-c2nc(-c3ccc(-n4cccc4)cc3)no2)cc1. The van der Waals surface area contributed by atoms with E-state index in [1.165, 1.54) is 0 Å². The van der Waals surface area contributed by atoms with Crippen LogP contribution in [0.1, 0.15) is 0 Å². The first kappa shape index (κ1) is 12.6. The van der Waals surface area contributed by atoms with Crippen molar-refractivity contribution in [2.75, 3.05) is 0 Å². The molecule has 0 atom stereocenters. The van der Waals surface area contributed by atoms with Gasteiger partial charge in [-0.25, -0.2) is 0 Å². The van der Waals surface area contributed by atoms with Crippen LogP contribution in [0.3, 0.4) is 0 Å². The summed E-state index contributed by atoms with van der Waals surface area (Å²) in [5.41, 5.74) is 2.95. The molecule has 4 rings (SSSR count). The third-order valence-electron chi connectivity index (χ3n) is 3.47. The van der Waals surface area contributed by atoms with Gasteiger partial charge in [0.25, 0.3) is 5.89 Å². The molecule has 0 aliphatic rings. The van der Waals surface area contributed by atoms with Crippen LogP contribution in [0.15, 0.2) is 83.6 Å². The molecule has 0 amide bonds. The van der Waals surface area contributed by atoms with Gasteiger partial charge in [0.05, 0.1) is 0 Å². The van der Waals surface area contributed by atoms with Gasteiger partial charge in [-0.1, -0.05) is 23.4 Å². The van der Waals surface area contributed by atoms with E-state index in [1.807, 2.05) is 79.1 Å². The van der Waals surface area contributed by atoms with Crippen LogP contribution < -0.4 is 0 Å². The van der Waals surface area contributed by atoms with E-state index in [0.717, 1.165) is 16.8 Å². The third-order valence-corrected chi connectivity index (χ3v) is 3.47. The third kappa shape index (κ3) is 2.31. The molecule has 0 spiro atoms. The van der Waals surface area contributed by atoms with E-state index in [-0.39, 0.29) is 0 Å². The molecular formula is C18H13N3O. The highest BCUT2D eigenvalue weighted by atomic mass is 16.5. The van der Waals surface area contributed by atoms with E-state index in [4.69, 9.17) is 4.52 Å². The molecule has 2 aromatic carbocycles. The zero-order valence-electron chi connectivity index (χ0n) is 11.8. The minimum absolute atomic E-state index is 0.532. The summed E-state index contributed by atoms with van der Waals surface area (Å²) >= 11 is 0. The minimum Gasteiger partial charge on any atom is -0.334 e. The van der Waals surface area contributed by atoms with Crippen LogP contribution in [0.4, 0.5) is 0 Å². The predicted octanol–water partition coefficient (Wildman–Crippen LogP) is 4.19. The molecule has 0 saturated carbocycles. The smallest absolute Gasteiger partial charge is 0.258 e. The molecule has 0 saturated heterocycles. The van der Waals surface area contributed by atoms with Gasteiger partial charge < -0.3 is 9.09 Å². The first-order valence-electron chi connectivity index (χ1n) is 7.03. The summed E-state index contributed by atoms with van der Waals surface area (Å²) in [4.78, 5) is 4.46. The normalized spacial score (nSPS) is 10.7. The Hall–Kier alpha value is -3.14. The van der Waals surface area contributed by atoms with Crippen LogP contribution in [0.2, 0.25) is 0 Å². The Morgan fingerprint density at radius 2 is 1.45 bits per heavy atom. The highest BCUT2D eigenvalue weighted by Crippen LogP contribution is 2.22. The summed E-state index contributed by atoms with van der Waals surface area (Å²) < 4.78 is 7.39. The number of rotatable bonds is 3. The van der Waals surface area contributed by atoms with Gasteiger partial charge in [0.2, 0.25) is 5.82 Å². The molecule has 22 heavy (non-hydrogen) atoms. The van der Waals surface area contributed by atoms with Crippen LogP contribution in [0.5, 0.6) is 0 Å². The number of nitrogens with zero attached hydrogens (tertiary/aromatic N) is 3. The van der Waals surface area contributed by atoms with Crippen molar-refractivity contribution in [2.45, 2.75) is 0 Å². The average Bonchev–Trinajstić information content (AvgIpc) is 3.28. The zero-order valence-corrected chi connectivity index (χ0v) is 11.8. The van der Waals surface area contributed by atoms with E-state index in [1.54, 1.807) is 0 Å². The first-order chi connectivity index (χ1) is 10.9. The van der Waals surface area contributed by atoms with Gasteiger partial charge in [0.1, 0.15) is 0 Å². The average molecular weight is 287 g/mol. The van der Waals surface area contributed by atoms with Crippen LogP contribution in [-0.2, 0) is 0 Å². The van der Waals surface area contributed by atoms with Crippen molar-refractivity contribution in [3.63, 3.8) is 0 Å². The summed E-state index contributed by atoms with van der Waals surface area (Å²) in [6, 6.07) is 21.8. The summed E-state index contributed by atoms with van der Waals surface area (Å²) in [7, 11) is 0. The molecular weight excluding hydrogens is 274 g/mol. The Bertz CT molecular complexity index is 862. The largest absolute Gasteiger partial charge is 0.334 e. The summed E-state index contributed by atoms with van der Waals surface area (Å²) in [5, 5.41) is 4.06. The molecule has 2 aromatic heterocycles. The molecule has 0 unspecified atom stereocenters. The van der Waals surface area contributed by atoms with Crippen molar-refractivity contribution >= 4 is 0 Å². The van der Waals surface area contributed by atoms with Crippen molar-refractivity contribution in [1.29, 1.82) is 0 Å². The molecule has 0 aliphatic carbocycles. The zero-order chi connectivity index (χ0) is 14.8. The second-order valence-corrected chi connectivity index (χ2v) is 4.93. The van der Waals surface area contributed by atoms with Crippen LogP contribution in [0.25, 0.3) is 28.5 Å². The maximum Gasteiger partial charge on any atom is 0.258 e. The molecule has 0 aliphatic heterocycles. The van der Waals surface area contributed by atoms with Crippen molar-refractivity contribution in [3.05, 3.63) is 79.1 Å². The van der Waals surface area contributed by atoms with Crippen molar-refractivity contribution in [2.24, 2.45) is 0 Å². The lowest BCUT2D eigenvalue weighted by atomic mass is 10.2. The fourth-order valence-electron chi connectivity index (χ4n) is 2.33. The fourth-order valence-corrected chi connectivity index (χ4v) is 2.33. The number of aromatic nitrogens is 3. The second-order valence-electron chi connectivity index (χ2n) is 4.93. The highest BCUT2D eigenvalue weighted by Gasteiger charge is 2.10. The Balaban J connectivity index is 1.64. The van der Waals surface area contributed by atoms with E-state index in [0.29, 0.717) is 11.7 Å². The summed E-state index contributed by atoms with van der Waals surface area (Å²) in [6.07, 6.45) is 4.02. The van der Waals surface area contributed by atoms with Crippen LogP contribution in [-0.4, -0.2) is 14.7 Å². The lowest BCUT2D eigenvalue weighted by Crippen LogP contribution is -1.89. The Kier molecular flexibility index (Phi) is 3.05. The fraction of sp³-hybridized carbons (Fsp3) is 0. The number of hydrogen-bond acceptors (Lipinski definition) is 3. The highest BCUT2D eigenvalue weighted by molar-refractivity contribution is 5.60. The predicted molar refractivity (Wildman–Crippen MR) is 84.5 cm³/mol. The molecule has 2 heterocycles. The summed E-state index contributed by atoms with van der Waals surface area (Å²) in [5.74, 6) is 1.13. The van der Waals surface area contributed by atoms with E-state index < -0.39 is 0 Å². The lowest BCUT2D eigenvalue weighted by molar-refractivity contribution is 0.432. The Morgan fingerprint density at radius 3 is 2.18 bits per heavy atom. The molecule has 0 bridgehead atoms. The molecule has 0 radical (unpaired) electrons. The Labute approximate surface area is 127 Å². The molecule has 4 aromatic rings. The topological polar surface area (TPSA) is 43.9 Å². The van der Waals surface area contributed by atoms with Gasteiger partial charge in [0, 0.05) is 29.2 Å². The van der Waals surface area contributed by atoms with Gasteiger partial charge >= 0.3 is 0 Å². The van der Waals surface area contributed by atoms with Gasteiger partial charge in [-0.3, -0.25) is 0 Å². The second kappa shape index (κ2) is 5.33. The van der Waals surface area contributed by atoms with Crippen molar-refractivity contribution in [3.8, 4) is 28.5 Å². The minimum atomic E-state index is 0.532. The van der Waals surface area contributed by atoms with Gasteiger partial charge in [-0.15, -0.1) is 0 Å². The lowest BCUT2D eigenvalue weighted by Gasteiger charge is -2.02.